The largest absolute Gasteiger partial charge is 0.342 e. The van der Waals surface area contributed by atoms with Crippen LogP contribution in [0.3, 0.4) is 0 Å². The average molecular weight is 499 g/mol. The SMILES string of the molecule is Cc1ccc2nc(C3CCN(C(=O)c4ccc5c(c4)C(=O)N(c4ccccc4Cl)C5=O)CC3)[nH]c2c1. The summed E-state index contributed by atoms with van der Waals surface area (Å²) in [6, 6.07) is 17.6. The lowest BCUT2D eigenvalue weighted by Gasteiger charge is -2.31. The summed E-state index contributed by atoms with van der Waals surface area (Å²) in [5.74, 6) is 0.155. The number of aromatic nitrogens is 2. The number of benzene rings is 3. The van der Waals surface area contributed by atoms with Gasteiger partial charge in [-0.3, -0.25) is 14.4 Å². The monoisotopic (exact) mass is 498 g/mol. The van der Waals surface area contributed by atoms with E-state index >= 15 is 0 Å². The van der Waals surface area contributed by atoms with Crippen molar-refractivity contribution in [3.05, 3.63) is 93.8 Å². The number of amides is 3. The Balaban J connectivity index is 1.18. The van der Waals surface area contributed by atoms with E-state index in [1.807, 2.05) is 6.07 Å². The predicted molar refractivity (Wildman–Crippen MR) is 138 cm³/mol. The first-order valence-electron chi connectivity index (χ1n) is 11.9. The molecule has 0 aliphatic carbocycles. The summed E-state index contributed by atoms with van der Waals surface area (Å²) in [6.07, 6.45) is 1.60. The number of aryl methyl sites for hydroxylation is 1. The molecule has 7 nitrogen and oxygen atoms in total. The van der Waals surface area contributed by atoms with E-state index in [2.05, 4.69) is 24.0 Å². The maximum atomic E-state index is 13.3. The summed E-state index contributed by atoms with van der Waals surface area (Å²) >= 11 is 6.23. The van der Waals surface area contributed by atoms with Crippen LogP contribution in [-0.2, 0) is 0 Å². The normalized spacial score (nSPS) is 16.2. The number of anilines is 1. The number of imide groups is 1. The van der Waals surface area contributed by atoms with Crippen LogP contribution in [0.4, 0.5) is 5.69 Å². The molecule has 3 aromatic carbocycles. The Labute approximate surface area is 212 Å². The molecule has 0 bridgehead atoms. The fourth-order valence-corrected chi connectivity index (χ4v) is 5.32. The molecule has 8 heteroatoms. The minimum Gasteiger partial charge on any atom is -0.342 e. The zero-order valence-electron chi connectivity index (χ0n) is 19.6. The number of fused-ring (bicyclic) bond motifs is 2. The number of piperidine rings is 1. The van der Waals surface area contributed by atoms with Gasteiger partial charge in [0.1, 0.15) is 5.82 Å². The van der Waals surface area contributed by atoms with Crippen molar-refractivity contribution >= 4 is 46.0 Å². The second-order valence-electron chi connectivity index (χ2n) is 9.37. The third-order valence-corrected chi connectivity index (χ3v) is 7.37. The van der Waals surface area contributed by atoms with Gasteiger partial charge in [-0.25, -0.2) is 9.88 Å². The number of halogens is 1. The fourth-order valence-electron chi connectivity index (χ4n) is 5.10. The number of rotatable bonds is 3. The summed E-state index contributed by atoms with van der Waals surface area (Å²) < 4.78 is 0. The molecule has 180 valence electrons. The van der Waals surface area contributed by atoms with Gasteiger partial charge in [0.05, 0.1) is 32.9 Å². The summed E-state index contributed by atoms with van der Waals surface area (Å²) in [5.41, 5.74) is 4.40. The van der Waals surface area contributed by atoms with Crippen LogP contribution in [0.5, 0.6) is 0 Å². The molecule has 1 N–H and O–H groups in total. The molecule has 0 saturated carbocycles. The molecule has 1 fully saturated rings. The van der Waals surface area contributed by atoms with Gasteiger partial charge in [0.25, 0.3) is 17.7 Å². The molecule has 1 saturated heterocycles. The van der Waals surface area contributed by atoms with Crippen LogP contribution in [0.1, 0.15) is 61.2 Å². The van der Waals surface area contributed by atoms with Crippen LogP contribution in [0.15, 0.2) is 60.7 Å². The van der Waals surface area contributed by atoms with Crippen LogP contribution in [-0.4, -0.2) is 45.7 Å². The Bertz CT molecular complexity index is 1550. The molecule has 3 heterocycles. The highest BCUT2D eigenvalue weighted by atomic mass is 35.5. The van der Waals surface area contributed by atoms with Gasteiger partial charge in [-0.1, -0.05) is 29.8 Å². The van der Waals surface area contributed by atoms with Gasteiger partial charge in [0.2, 0.25) is 0 Å². The molecule has 0 unspecified atom stereocenters. The molecule has 3 amide bonds. The predicted octanol–water partition coefficient (Wildman–Crippen LogP) is 5.35. The summed E-state index contributed by atoms with van der Waals surface area (Å²) in [4.78, 5) is 50.4. The van der Waals surface area contributed by atoms with E-state index < -0.39 is 11.8 Å². The highest BCUT2D eigenvalue weighted by Gasteiger charge is 2.38. The lowest BCUT2D eigenvalue weighted by Crippen LogP contribution is -2.38. The van der Waals surface area contributed by atoms with Crippen LogP contribution < -0.4 is 4.90 Å². The van der Waals surface area contributed by atoms with Crippen molar-refractivity contribution in [2.24, 2.45) is 0 Å². The number of hydrogen-bond acceptors (Lipinski definition) is 4. The van der Waals surface area contributed by atoms with E-state index in [1.165, 1.54) is 11.6 Å². The van der Waals surface area contributed by atoms with Crippen molar-refractivity contribution in [3.8, 4) is 0 Å². The molecule has 2 aliphatic rings. The molecule has 1 aromatic heterocycles. The maximum Gasteiger partial charge on any atom is 0.266 e. The van der Waals surface area contributed by atoms with Gasteiger partial charge in [0.15, 0.2) is 0 Å². The molecule has 0 spiro atoms. The van der Waals surface area contributed by atoms with Crippen LogP contribution in [0.2, 0.25) is 5.02 Å². The van der Waals surface area contributed by atoms with Crippen molar-refractivity contribution in [1.29, 1.82) is 0 Å². The zero-order valence-corrected chi connectivity index (χ0v) is 20.4. The minimum absolute atomic E-state index is 0.145. The Kier molecular flexibility index (Phi) is 5.38. The van der Waals surface area contributed by atoms with E-state index in [9.17, 15) is 14.4 Å². The van der Waals surface area contributed by atoms with Gasteiger partial charge >= 0.3 is 0 Å². The van der Waals surface area contributed by atoms with E-state index in [0.717, 1.165) is 34.6 Å². The van der Waals surface area contributed by atoms with Crippen molar-refractivity contribution in [1.82, 2.24) is 14.9 Å². The van der Waals surface area contributed by atoms with Gasteiger partial charge < -0.3 is 9.88 Å². The van der Waals surface area contributed by atoms with Crippen molar-refractivity contribution < 1.29 is 14.4 Å². The van der Waals surface area contributed by atoms with Crippen LogP contribution in [0.25, 0.3) is 11.0 Å². The summed E-state index contributed by atoms with van der Waals surface area (Å²) in [6.45, 7) is 3.24. The molecule has 2 aliphatic heterocycles. The van der Waals surface area contributed by atoms with Crippen molar-refractivity contribution in [2.45, 2.75) is 25.7 Å². The lowest BCUT2D eigenvalue weighted by atomic mass is 9.95. The Hall–Kier alpha value is -3.97. The first-order chi connectivity index (χ1) is 17.4. The quantitative estimate of drug-likeness (QED) is 0.386. The second-order valence-corrected chi connectivity index (χ2v) is 9.77. The minimum atomic E-state index is -0.475. The fraction of sp³-hybridized carbons (Fsp3) is 0.214. The lowest BCUT2D eigenvalue weighted by molar-refractivity contribution is 0.0711. The number of aromatic amines is 1. The van der Waals surface area contributed by atoms with E-state index in [4.69, 9.17) is 16.6 Å². The smallest absolute Gasteiger partial charge is 0.266 e. The van der Waals surface area contributed by atoms with Gasteiger partial charge in [0, 0.05) is 24.6 Å². The molecular weight excluding hydrogens is 476 g/mol. The number of carbonyl (C=O) groups excluding carboxylic acids is 3. The number of nitrogens with one attached hydrogen (secondary N) is 1. The van der Waals surface area contributed by atoms with Crippen molar-refractivity contribution in [3.63, 3.8) is 0 Å². The van der Waals surface area contributed by atoms with Gasteiger partial charge in [-0.2, -0.15) is 0 Å². The van der Waals surface area contributed by atoms with Crippen LogP contribution >= 0.6 is 11.6 Å². The molecule has 0 atom stereocenters. The average Bonchev–Trinajstić information content (AvgIpc) is 3.42. The number of para-hydroxylation sites is 1. The third-order valence-electron chi connectivity index (χ3n) is 7.05. The standard InChI is InChI=1S/C28H23ClN4O3/c1-16-6-9-22-23(14-16)31-25(30-22)17-10-12-32(13-11-17)26(34)18-7-8-19-20(15-18)28(36)33(27(19)35)24-5-3-2-4-21(24)29/h2-9,14-15,17H,10-13H2,1H3,(H,30,31). The summed E-state index contributed by atoms with van der Waals surface area (Å²) in [7, 11) is 0. The van der Waals surface area contributed by atoms with Crippen LogP contribution in [0, 0.1) is 6.92 Å². The molecule has 0 radical (unpaired) electrons. The van der Waals surface area contributed by atoms with E-state index in [0.29, 0.717) is 29.4 Å². The highest BCUT2D eigenvalue weighted by molar-refractivity contribution is 6.39. The number of likely N-dealkylation sites (tertiary alicyclic amines) is 1. The summed E-state index contributed by atoms with van der Waals surface area (Å²) in [5, 5.41) is 0.311. The zero-order chi connectivity index (χ0) is 25.0. The van der Waals surface area contributed by atoms with Gasteiger partial charge in [-0.05, 0) is 67.8 Å². The Morgan fingerprint density at radius 3 is 2.50 bits per heavy atom. The van der Waals surface area contributed by atoms with E-state index in [-0.39, 0.29) is 23.0 Å². The number of imidazole rings is 1. The highest BCUT2D eigenvalue weighted by Crippen LogP contribution is 2.34. The Morgan fingerprint density at radius 2 is 1.72 bits per heavy atom. The molecule has 36 heavy (non-hydrogen) atoms. The molecular formula is C28H23ClN4O3. The first-order valence-corrected chi connectivity index (χ1v) is 12.3. The number of nitrogens with zero attached hydrogens (tertiary/aromatic N) is 3. The topological polar surface area (TPSA) is 86.4 Å². The number of H-pyrrole nitrogens is 1. The number of hydrogen-bond donors (Lipinski definition) is 1. The number of carbonyl (C=O) groups is 3. The van der Waals surface area contributed by atoms with E-state index in [1.54, 1.807) is 41.3 Å². The van der Waals surface area contributed by atoms with Crippen molar-refractivity contribution in [2.75, 3.05) is 18.0 Å². The first kappa shape index (κ1) is 22.5. The second kappa shape index (κ2) is 8.60. The maximum absolute atomic E-state index is 13.3. The Morgan fingerprint density at radius 1 is 0.972 bits per heavy atom. The molecule has 4 aromatic rings. The third kappa shape index (κ3) is 3.67. The van der Waals surface area contributed by atoms with Gasteiger partial charge in [-0.15, -0.1) is 0 Å². The molecule has 6 rings (SSSR count).